The molecule has 0 atom stereocenters. The van der Waals surface area contributed by atoms with Gasteiger partial charge in [-0.2, -0.15) is 0 Å². The second-order valence-electron chi connectivity index (χ2n) is 3.45. The maximum Gasteiger partial charge on any atom is 0.243 e. The Morgan fingerprint density at radius 2 is 2.22 bits per heavy atom. The molecule has 0 spiro atoms. The van der Waals surface area contributed by atoms with Gasteiger partial charge in [-0.15, -0.1) is 0 Å². The van der Waals surface area contributed by atoms with Crippen molar-refractivity contribution in [2.75, 3.05) is 0 Å². The Balaban J connectivity index is 2.23. The zero-order valence-electron chi connectivity index (χ0n) is 9.02. The van der Waals surface area contributed by atoms with Crippen LogP contribution in [0.4, 0.5) is 4.39 Å². The van der Waals surface area contributed by atoms with Crippen LogP contribution in [0.1, 0.15) is 5.69 Å². The third-order valence-corrected chi connectivity index (χ3v) is 3.92. The van der Waals surface area contributed by atoms with Crippen molar-refractivity contribution in [2.24, 2.45) is 0 Å². The summed E-state index contributed by atoms with van der Waals surface area (Å²) in [4.78, 5) is 5.99. The van der Waals surface area contributed by atoms with Crippen molar-refractivity contribution in [3.63, 3.8) is 0 Å². The highest BCUT2D eigenvalue weighted by Gasteiger charge is 2.20. The van der Waals surface area contributed by atoms with Crippen LogP contribution in [0.2, 0.25) is 5.02 Å². The molecule has 0 radical (unpaired) electrons. The Bertz CT molecular complexity index is 643. The molecule has 0 aliphatic carbocycles. The summed E-state index contributed by atoms with van der Waals surface area (Å²) >= 11 is 5.54. The van der Waals surface area contributed by atoms with E-state index in [1.165, 1.54) is 24.7 Å². The van der Waals surface area contributed by atoms with Gasteiger partial charge in [-0.05, 0) is 12.1 Å². The summed E-state index contributed by atoms with van der Waals surface area (Å²) in [6.07, 6.45) is 2.89. The molecule has 2 rings (SSSR count). The molecular formula is C10H9ClFN3O2S. The van der Waals surface area contributed by atoms with Crippen LogP contribution in [-0.4, -0.2) is 18.4 Å². The third-order valence-electron chi connectivity index (χ3n) is 2.21. The van der Waals surface area contributed by atoms with Crippen LogP contribution < -0.4 is 4.72 Å². The first-order chi connectivity index (χ1) is 8.50. The first-order valence-electron chi connectivity index (χ1n) is 4.91. The molecule has 0 aliphatic heterocycles. The van der Waals surface area contributed by atoms with E-state index in [0.29, 0.717) is 5.69 Å². The highest BCUT2D eigenvalue weighted by Crippen LogP contribution is 2.21. The maximum atomic E-state index is 13.6. The third kappa shape index (κ3) is 2.69. The fraction of sp³-hybridized carbons (Fsp3) is 0.100. The number of nitrogens with zero attached hydrogens (tertiary/aromatic N) is 1. The number of benzene rings is 1. The van der Waals surface area contributed by atoms with E-state index in [0.717, 1.165) is 6.07 Å². The highest BCUT2D eigenvalue weighted by molar-refractivity contribution is 7.89. The van der Waals surface area contributed by atoms with Gasteiger partial charge in [0.1, 0.15) is 4.90 Å². The SMILES string of the molecule is O=S(=O)(NCc1cnc[nH]1)c1cccc(Cl)c1F. The first-order valence-corrected chi connectivity index (χ1v) is 6.78. The minimum absolute atomic E-state index is 0.00567. The van der Waals surface area contributed by atoms with Crippen LogP contribution in [0, 0.1) is 5.82 Å². The van der Waals surface area contributed by atoms with Crippen LogP contribution >= 0.6 is 11.6 Å². The predicted octanol–water partition coefficient (Wildman–Crippen LogP) is 1.68. The van der Waals surface area contributed by atoms with Gasteiger partial charge in [-0.25, -0.2) is 22.5 Å². The van der Waals surface area contributed by atoms with E-state index in [1.54, 1.807) is 0 Å². The number of aromatic amines is 1. The average Bonchev–Trinajstić information content (AvgIpc) is 2.83. The van der Waals surface area contributed by atoms with Crippen LogP contribution in [0.5, 0.6) is 0 Å². The van der Waals surface area contributed by atoms with Gasteiger partial charge in [0.05, 0.1) is 17.9 Å². The molecule has 1 aromatic heterocycles. The van der Waals surface area contributed by atoms with Gasteiger partial charge in [0.15, 0.2) is 5.82 Å². The molecule has 2 aromatic rings. The molecule has 96 valence electrons. The summed E-state index contributed by atoms with van der Waals surface area (Å²) in [5.74, 6) is -0.962. The number of imidazole rings is 1. The van der Waals surface area contributed by atoms with E-state index < -0.39 is 20.7 Å². The predicted molar refractivity (Wildman–Crippen MR) is 64.0 cm³/mol. The average molecular weight is 290 g/mol. The van der Waals surface area contributed by atoms with E-state index in [-0.39, 0.29) is 11.6 Å². The van der Waals surface area contributed by atoms with E-state index in [2.05, 4.69) is 14.7 Å². The van der Waals surface area contributed by atoms with Gasteiger partial charge in [0.25, 0.3) is 0 Å². The lowest BCUT2D eigenvalue weighted by atomic mass is 10.3. The Morgan fingerprint density at radius 3 is 2.89 bits per heavy atom. The normalized spacial score (nSPS) is 11.7. The summed E-state index contributed by atoms with van der Waals surface area (Å²) < 4.78 is 39.6. The number of rotatable bonds is 4. The lowest BCUT2D eigenvalue weighted by molar-refractivity contribution is 0.556. The van der Waals surface area contributed by atoms with E-state index >= 15 is 0 Å². The molecule has 0 saturated carbocycles. The summed E-state index contributed by atoms with van der Waals surface area (Å²) in [5, 5.41) is -0.237. The fourth-order valence-electron chi connectivity index (χ4n) is 1.32. The number of hydrogen-bond donors (Lipinski definition) is 2. The van der Waals surface area contributed by atoms with Gasteiger partial charge < -0.3 is 4.98 Å². The lowest BCUT2D eigenvalue weighted by Crippen LogP contribution is -2.24. The van der Waals surface area contributed by atoms with Crippen molar-refractivity contribution in [3.8, 4) is 0 Å². The molecule has 0 unspecified atom stereocenters. The Morgan fingerprint density at radius 1 is 1.44 bits per heavy atom. The second-order valence-corrected chi connectivity index (χ2v) is 5.60. The Hall–Kier alpha value is -1.44. The van der Waals surface area contributed by atoms with Gasteiger partial charge >= 0.3 is 0 Å². The monoisotopic (exact) mass is 289 g/mol. The number of nitrogens with one attached hydrogen (secondary N) is 2. The molecule has 1 aromatic carbocycles. The smallest absolute Gasteiger partial charge is 0.243 e. The Kier molecular flexibility index (Phi) is 3.65. The van der Waals surface area contributed by atoms with Crippen molar-refractivity contribution >= 4 is 21.6 Å². The fourth-order valence-corrected chi connectivity index (χ4v) is 2.66. The summed E-state index contributed by atoms with van der Waals surface area (Å²) in [6, 6.07) is 3.80. The Labute approximate surface area is 108 Å². The molecule has 0 fully saturated rings. The van der Waals surface area contributed by atoms with Crippen molar-refractivity contribution in [2.45, 2.75) is 11.4 Å². The molecule has 18 heavy (non-hydrogen) atoms. The molecule has 1 heterocycles. The second kappa shape index (κ2) is 5.05. The largest absolute Gasteiger partial charge is 0.347 e. The topological polar surface area (TPSA) is 74.8 Å². The zero-order valence-corrected chi connectivity index (χ0v) is 10.6. The number of aromatic nitrogens is 2. The van der Waals surface area contributed by atoms with E-state index in [4.69, 9.17) is 11.6 Å². The molecule has 0 saturated heterocycles. The number of halogens is 2. The molecule has 8 heteroatoms. The van der Waals surface area contributed by atoms with E-state index in [9.17, 15) is 12.8 Å². The highest BCUT2D eigenvalue weighted by atomic mass is 35.5. The standard InChI is InChI=1S/C10H9ClFN3O2S/c11-8-2-1-3-9(10(8)12)18(16,17)15-5-7-4-13-6-14-7/h1-4,6,15H,5H2,(H,13,14). The number of hydrogen-bond acceptors (Lipinski definition) is 3. The van der Waals surface area contributed by atoms with Crippen molar-refractivity contribution in [1.82, 2.24) is 14.7 Å². The molecule has 0 aliphatic rings. The molecular weight excluding hydrogens is 281 g/mol. The molecule has 5 nitrogen and oxygen atoms in total. The van der Waals surface area contributed by atoms with Crippen molar-refractivity contribution < 1.29 is 12.8 Å². The van der Waals surface area contributed by atoms with Crippen LogP contribution in [-0.2, 0) is 16.6 Å². The van der Waals surface area contributed by atoms with Crippen LogP contribution in [0.15, 0.2) is 35.6 Å². The van der Waals surface area contributed by atoms with Crippen molar-refractivity contribution in [1.29, 1.82) is 0 Å². The maximum absolute atomic E-state index is 13.6. The van der Waals surface area contributed by atoms with Crippen LogP contribution in [0.25, 0.3) is 0 Å². The van der Waals surface area contributed by atoms with Crippen LogP contribution in [0.3, 0.4) is 0 Å². The van der Waals surface area contributed by atoms with Gasteiger partial charge in [-0.1, -0.05) is 17.7 Å². The molecule has 2 N–H and O–H groups in total. The van der Waals surface area contributed by atoms with Gasteiger partial charge in [-0.3, -0.25) is 0 Å². The van der Waals surface area contributed by atoms with E-state index in [1.807, 2.05) is 0 Å². The first kappa shape index (κ1) is 13.0. The van der Waals surface area contributed by atoms with Gasteiger partial charge in [0.2, 0.25) is 10.0 Å². The summed E-state index contributed by atoms with van der Waals surface area (Å²) in [7, 11) is -3.95. The summed E-state index contributed by atoms with van der Waals surface area (Å²) in [5.41, 5.74) is 0.570. The quantitative estimate of drug-likeness (QED) is 0.899. The van der Waals surface area contributed by atoms with Gasteiger partial charge in [0, 0.05) is 11.9 Å². The number of sulfonamides is 1. The summed E-state index contributed by atoms with van der Waals surface area (Å²) in [6.45, 7) is -0.00567. The minimum Gasteiger partial charge on any atom is -0.347 e. The van der Waals surface area contributed by atoms with Crippen molar-refractivity contribution in [3.05, 3.63) is 47.3 Å². The zero-order chi connectivity index (χ0) is 13.2. The number of H-pyrrole nitrogens is 1. The molecule has 0 bridgehead atoms. The lowest BCUT2D eigenvalue weighted by Gasteiger charge is -2.07. The molecule has 0 amide bonds. The minimum atomic E-state index is -3.95.